The quantitative estimate of drug-likeness (QED) is 0.789. The fourth-order valence-electron chi connectivity index (χ4n) is 1.15. The summed E-state index contributed by atoms with van der Waals surface area (Å²) in [5.41, 5.74) is 1.55. The fourth-order valence-corrected chi connectivity index (χ4v) is 3.24. The molecular weight excluding hydrogens is 260 g/mol. The van der Waals surface area contributed by atoms with E-state index < -0.39 is 0 Å². The molecule has 0 atom stereocenters. The van der Waals surface area contributed by atoms with Crippen molar-refractivity contribution < 1.29 is 0 Å². The smallest absolute Gasteiger partial charge is 0.174 e. The Hall–Kier alpha value is -1.02. The van der Waals surface area contributed by atoms with Crippen molar-refractivity contribution in [3.05, 3.63) is 46.6 Å². The number of benzene rings is 1. The molecule has 5 heteroatoms. The molecular formula is C11H7ClN2S2. The van der Waals surface area contributed by atoms with E-state index in [9.17, 15) is 0 Å². The maximum atomic E-state index is 8.72. The number of hydrogen-bond donors (Lipinski definition) is 0. The van der Waals surface area contributed by atoms with Crippen LogP contribution in [0.15, 0.2) is 34.5 Å². The van der Waals surface area contributed by atoms with Crippen molar-refractivity contribution in [2.24, 2.45) is 0 Å². The summed E-state index contributed by atoms with van der Waals surface area (Å²) in [6, 6.07) is 12.1. The molecule has 16 heavy (non-hydrogen) atoms. The Morgan fingerprint density at radius 2 is 2.12 bits per heavy atom. The standard InChI is InChI=1S/C11H7ClN2S2/c12-10-9(6-13)14-16-11(10)15-7-8-4-2-1-3-5-8/h1-5H,7H2. The van der Waals surface area contributed by atoms with Gasteiger partial charge in [-0.25, -0.2) is 0 Å². The molecule has 0 bridgehead atoms. The third-order valence-electron chi connectivity index (χ3n) is 1.93. The van der Waals surface area contributed by atoms with Crippen LogP contribution in [0.25, 0.3) is 0 Å². The topological polar surface area (TPSA) is 36.7 Å². The van der Waals surface area contributed by atoms with E-state index in [0.717, 1.165) is 9.96 Å². The van der Waals surface area contributed by atoms with Gasteiger partial charge < -0.3 is 0 Å². The molecule has 0 aliphatic carbocycles. The largest absolute Gasteiger partial charge is 0.191 e. The summed E-state index contributed by atoms with van der Waals surface area (Å²) in [6.07, 6.45) is 0. The van der Waals surface area contributed by atoms with E-state index >= 15 is 0 Å². The highest BCUT2D eigenvalue weighted by atomic mass is 35.5. The highest BCUT2D eigenvalue weighted by Crippen LogP contribution is 2.35. The number of rotatable bonds is 3. The average Bonchev–Trinajstić information content (AvgIpc) is 2.69. The summed E-state index contributed by atoms with van der Waals surface area (Å²) in [5, 5.41) is 9.20. The van der Waals surface area contributed by atoms with Crippen molar-refractivity contribution in [3.63, 3.8) is 0 Å². The first kappa shape index (κ1) is 11.5. The third-order valence-corrected chi connectivity index (χ3v) is 4.68. The maximum Gasteiger partial charge on any atom is 0.174 e. The molecule has 0 aliphatic rings. The molecule has 0 aliphatic heterocycles. The zero-order valence-corrected chi connectivity index (χ0v) is 10.6. The van der Waals surface area contributed by atoms with Crippen LogP contribution in [0, 0.1) is 11.3 Å². The van der Waals surface area contributed by atoms with Gasteiger partial charge in [-0.05, 0) is 17.1 Å². The van der Waals surface area contributed by atoms with Gasteiger partial charge in [0.1, 0.15) is 15.3 Å². The number of hydrogen-bond acceptors (Lipinski definition) is 4. The summed E-state index contributed by atoms with van der Waals surface area (Å²) in [7, 11) is 0. The van der Waals surface area contributed by atoms with Gasteiger partial charge in [-0.15, -0.1) is 11.8 Å². The molecule has 0 saturated heterocycles. The van der Waals surface area contributed by atoms with Crippen LogP contribution in [-0.2, 0) is 5.75 Å². The van der Waals surface area contributed by atoms with E-state index in [1.807, 2.05) is 24.3 Å². The van der Waals surface area contributed by atoms with E-state index in [1.54, 1.807) is 11.8 Å². The summed E-state index contributed by atoms with van der Waals surface area (Å²) in [4.78, 5) is 0. The molecule has 0 N–H and O–H groups in total. The SMILES string of the molecule is N#Cc1nsc(SCc2ccccc2)c1Cl. The van der Waals surface area contributed by atoms with Gasteiger partial charge in [0, 0.05) is 5.75 Å². The van der Waals surface area contributed by atoms with Crippen molar-refractivity contribution >= 4 is 34.9 Å². The van der Waals surface area contributed by atoms with Crippen molar-refractivity contribution in [1.29, 1.82) is 5.26 Å². The highest BCUT2D eigenvalue weighted by Gasteiger charge is 2.11. The van der Waals surface area contributed by atoms with Crippen molar-refractivity contribution in [1.82, 2.24) is 4.37 Å². The Kier molecular flexibility index (Phi) is 3.83. The number of thioether (sulfide) groups is 1. The first-order valence-electron chi connectivity index (χ1n) is 4.53. The van der Waals surface area contributed by atoms with Gasteiger partial charge in [0.25, 0.3) is 0 Å². The van der Waals surface area contributed by atoms with Crippen LogP contribution < -0.4 is 0 Å². The number of nitrogens with zero attached hydrogens (tertiary/aromatic N) is 2. The summed E-state index contributed by atoms with van der Waals surface area (Å²) in [5.74, 6) is 0.841. The fraction of sp³-hybridized carbons (Fsp3) is 0.0909. The zero-order chi connectivity index (χ0) is 11.4. The molecule has 1 aromatic heterocycles. The van der Waals surface area contributed by atoms with Gasteiger partial charge in [0.05, 0.1) is 0 Å². The second kappa shape index (κ2) is 5.35. The predicted molar refractivity (Wildman–Crippen MR) is 67.8 cm³/mol. The Bertz CT molecular complexity index is 517. The summed E-state index contributed by atoms with van der Waals surface area (Å²) in [6.45, 7) is 0. The first-order chi connectivity index (χ1) is 7.81. The van der Waals surface area contributed by atoms with E-state index in [1.165, 1.54) is 17.1 Å². The average molecular weight is 267 g/mol. The number of aromatic nitrogens is 1. The molecule has 1 aromatic carbocycles. The van der Waals surface area contributed by atoms with Gasteiger partial charge in [-0.1, -0.05) is 41.9 Å². The molecule has 0 spiro atoms. The second-order valence-corrected chi connectivity index (χ2v) is 5.41. The minimum atomic E-state index is 0.322. The number of halogens is 1. The lowest BCUT2D eigenvalue weighted by atomic mass is 10.2. The van der Waals surface area contributed by atoms with Crippen LogP contribution in [0.3, 0.4) is 0 Å². The van der Waals surface area contributed by atoms with Crippen LogP contribution >= 0.6 is 34.9 Å². The van der Waals surface area contributed by atoms with Crippen LogP contribution in [-0.4, -0.2) is 4.37 Å². The van der Waals surface area contributed by atoms with Gasteiger partial charge >= 0.3 is 0 Å². The van der Waals surface area contributed by atoms with E-state index in [2.05, 4.69) is 16.5 Å². The maximum absolute atomic E-state index is 8.72. The molecule has 80 valence electrons. The molecule has 0 unspecified atom stereocenters. The van der Waals surface area contributed by atoms with Gasteiger partial charge in [-0.3, -0.25) is 0 Å². The lowest BCUT2D eigenvalue weighted by Crippen LogP contribution is -1.77. The molecule has 0 radical (unpaired) electrons. The van der Waals surface area contributed by atoms with Crippen molar-refractivity contribution in [3.8, 4) is 6.07 Å². The Balaban J connectivity index is 2.06. The van der Waals surface area contributed by atoms with E-state index in [4.69, 9.17) is 16.9 Å². The summed E-state index contributed by atoms with van der Waals surface area (Å²) >= 11 is 8.88. The number of nitriles is 1. The second-order valence-electron chi connectivity index (χ2n) is 3.02. The molecule has 2 aromatic rings. The van der Waals surface area contributed by atoms with Crippen molar-refractivity contribution in [2.75, 3.05) is 0 Å². The first-order valence-corrected chi connectivity index (χ1v) is 6.67. The van der Waals surface area contributed by atoms with E-state index in [-0.39, 0.29) is 0 Å². The van der Waals surface area contributed by atoms with Gasteiger partial charge in [-0.2, -0.15) is 9.64 Å². The molecule has 2 rings (SSSR count). The monoisotopic (exact) mass is 266 g/mol. The van der Waals surface area contributed by atoms with Crippen LogP contribution in [0.2, 0.25) is 5.02 Å². The lowest BCUT2D eigenvalue weighted by molar-refractivity contribution is 1.40. The Labute approximate surface area is 107 Å². The van der Waals surface area contributed by atoms with Gasteiger partial charge in [0.2, 0.25) is 0 Å². The lowest BCUT2D eigenvalue weighted by Gasteiger charge is -1.98. The van der Waals surface area contributed by atoms with Crippen LogP contribution in [0.5, 0.6) is 0 Å². The Morgan fingerprint density at radius 3 is 2.75 bits per heavy atom. The third kappa shape index (κ3) is 2.56. The molecule has 1 heterocycles. The van der Waals surface area contributed by atoms with Crippen molar-refractivity contribution in [2.45, 2.75) is 9.96 Å². The highest BCUT2D eigenvalue weighted by molar-refractivity contribution is 8.00. The minimum absolute atomic E-state index is 0.322. The normalized spacial score (nSPS) is 10.0. The summed E-state index contributed by atoms with van der Waals surface area (Å²) < 4.78 is 4.88. The molecule has 0 fully saturated rings. The molecule has 2 nitrogen and oxygen atoms in total. The van der Waals surface area contributed by atoms with Crippen LogP contribution in [0.1, 0.15) is 11.3 Å². The molecule has 0 saturated carbocycles. The van der Waals surface area contributed by atoms with E-state index in [0.29, 0.717) is 10.7 Å². The Morgan fingerprint density at radius 1 is 1.38 bits per heavy atom. The molecule has 0 amide bonds. The predicted octanol–water partition coefficient (Wildman–Crippen LogP) is 3.96. The van der Waals surface area contributed by atoms with Gasteiger partial charge in [0.15, 0.2) is 5.69 Å². The zero-order valence-electron chi connectivity index (χ0n) is 8.18. The minimum Gasteiger partial charge on any atom is -0.191 e. The van der Waals surface area contributed by atoms with Crippen LogP contribution in [0.4, 0.5) is 0 Å².